The van der Waals surface area contributed by atoms with Crippen molar-refractivity contribution in [2.24, 2.45) is 0 Å². The van der Waals surface area contributed by atoms with Gasteiger partial charge in [-0.1, -0.05) is 18.2 Å². The highest BCUT2D eigenvalue weighted by Gasteiger charge is 2.32. The Balaban J connectivity index is 1.40. The molecule has 1 aliphatic rings. The summed E-state index contributed by atoms with van der Waals surface area (Å²) in [7, 11) is -3.63. The van der Waals surface area contributed by atoms with Gasteiger partial charge in [-0.05, 0) is 62.1 Å². The number of rotatable bonds is 6. The Kier molecular flexibility index (Phi) is 5.90. The summed E-state index contributed by atoms with van der Waals surface area (Å²) >= 11 is 1.63. The van der Waals surface area contributed by atoms with Crippen molar-refractivity contribution in [3.63, 3.8) is 0 Å². The Morgan fingerprint density at radius 3 is 2.77 bits per heavy atom. The molecule has 0 unspecified atom stereocenters. The van der Waals surface area contributed by atoms with Crippen molar-refractivity contribution in [3.8, 4) is 0 Å². The standard InChI is InChI=1S/C22H25N3O3S2/c1-15-9-10-17(14-16(15)2)30(27,28)23-12-11-21(26)25-13-5-7-19(25)22-24-18-6-3-4-8-20(18)29-22/h3-4,6,8-10,14,19,23H,5,7,11-13H2,1-2H3/t19-/m0/s1. The van der Waals surface area contributed by atoms with Crippen LogP contribution in [0.4, 0.5) is 0 Å². The maximum Gasteiger partial charge on any atom is 0.240 e. The van der Waals surface area contributed by atoms with Crippen LogP contribution in [-0.2, 0) is 14.8 Å². The maximum absolute atomic E-state index is 12.8. The summed E-state index contributed by atoms with van der Waals surface area (Å²) in [5.74, 6) is -0.0421. The largest absolute Gasteiger partial charge is 0.333 e. The van der Waals surface area contributed by atoms with E-state index in [1.807, 2.05) is 43.0 Å². The number of carbonyl (C=O) groups is 1. The molecule has 0 spiro atoms. The number of likely N-dealkylation sites (tertiary alicyclic amines) is 1. The molecule has 1 aliphatic heterocycles. The highest BCUT2D eigenvalue weighted by atomic mass is 32.2. The molecule has 2 aromatic carbocycles. The highest BCUT2D eigenvalue weighted by Crippen LogP contribution is 2.36. The third kappa shape index (κ3) is 4.26. The van der Waals surface area contributed by atoms with Gasteiger partial charge in [-0.15, -0.1) is 11.3 Å². The number of benzene rings is 2. The van der Waals surface area contributed by atoms with E-state index in [-0.39, 0.29) is 29.8 Å². The molecule has 0 radical (unpaired) electrons. The predicted octanol–water partition coefficient (Wildman–Crippen LogP) is 3.95. The number of aromatic nitrogens is 1. The van der Waals surface area contributed by atoms with Crippen LogP contribution in [0.15, 0.2) is 47.4 Å². The molecule has 4 rings (SSSR count). The Labute approximate surface area is 181 Å². The summed E-state index contributed by atoms with van der Waals surface area (Å²) < 4.78 is 28.8. The summed E-state index contributed by atoms with van der Waals surface area (Å²) in [4.78, 5) is 19.6. The lowest BCUT2D eigenvalue weighted by Gasteiger charge is -2.23. The Bertz CT molecular complexity index is 1150. The van der Waals surface area contributed by atoms with Gasteiger partial charge in [-0.25, -0.2) is 18.1 Å². The smallest absolute Gasteiger partial charge is 0.240 e. The van der Waals surface area contributed by atoms with Crippen molar-refractivity contribution in [2.75, 3.05) is 13.1 Å². The number of para-hydroxylation sites is 1. The van der Waals surface area contributed by atoms with Gasteiger partial charge < -0.3 is 4.90 Å². The number of aryl methyl sites for hydroxylation is 2. The van der Waals surface area contributed by atoms with Crippen molar-refractivity contribution in [2.45, 2.75) is 44.0 Å². The third-order valence-corrected chi connectivity index (χ3v) is 8.18. The van der Waals surface area contributed by atoms with Gasteiger partial charge in [0.1, 0.15) is 5.01 Å². The Morgan fingerprint density at radius 2 is 2.00 bits per heavy atom. The molecular weight excluding hydrogens is 418 g/mol. The van der Waals surface area contributed by atoms with E-state index in [0.717, 1.165) is 39.2 Å². The number of sulfonamides is 1. The first-order valence-electron chi connectivity index (χ1n) is 10.1. The van der Waals surface area contributed by atoms with E-state index < -0.39 is 10.0 Å². The molecule has 1 atom stereocenters. The van der Waals surface area contributed by atoms with Gasteiger partial charge >= 0.3 is 0 Å². The molecule has 1 aromatic heterocycles. The monoisotopic (exact) mass is 443 g/mol. The lowest BCUT2D eigenvalue weighted by atomic mass is 10.1. The molecule has 0 bridgehead atoms. The van der Waals surface area contributed by atoms with Crippen LogP contribution in [0.2, 0.25) is 0 Å². The second kappa shape index (κ2) is 8.45. The summed E-state index contributed by atoms with van der Waals surface area (Å²) in [5, 5.41) is 0.956. The van der Waals surface area contributed by atoms with Crippen molar-refractivity contribution < 1.29 is 13.2 Å². The SMILES string of the molecule is Cc1ccc(S(=O)(=O)NCCC(=O)N2CCC[C@H]2c2nc3ccccc3s2)cc1C. The molecule has 1 saturated heterocycles. The summed E-state index contributed by atoms with van der Waals surface area (Å²) in [6, 6.07) is 13.0. The summed E-state index contributed by atoms with van der Waals surface area (Å²) in [5.41, 5.74) is 2.92. The Morgan fingerprint density at radius 1 is 1.20 bits per heavy atom. The van der Waals surface area contributed by atoms with E-state index in [1.54, 1.807) is 29.5 Å². The average molecular weight is 444 g/mol. The fraction of sp³-hybridized carbons (Fsp3) is 0.364. The lowest BCUT2D eigenvalue weighted by molar-refractivity contribution is -0.131. The van der Waals surface area contributed by atoms with Gasteiger partial charge in [0.25, 0.3) is 0 Å². The molecule has 0 aliphatic carbocycles. The zero-order valence-corrected chi connectivity index (χ0v) is 18.7. The minimum absolute atomic E-state index is 0.0220. The number of carbonyl (C=O) groups excluding carboxylic acids is 1. The van der Waals surface area contributed by atoms with Crippen molar-refractivity contribution in [1.29, 1.82) is 0 Å². The van der Waals surface area contributed by atoms with E-state index >= 15 is 0 Å². The third-order valence-electron chi connectivity index (χ3n) is 5.59. The van der Waals surface area contributed by atoms with Crippen LogP contribution in [0.25, 0.3) is 10.2 Å². The number of hydrogen-bond acceptors (Lipinski definition) is 5. The normalized spacial score (nSPS) is 17.0. The van der Waals surface area contributed by atoms with Gasteiger partial charge in [0.2, 0.25) is 15.9 Å². The molecule has 1 fully saturated rings. The van der Waals surface area contributed by atoms with Crippen molar-refractivity contribution >= 4 is 37.5 Å². The minimum Gasteiger partial charge on any atom is -0.333 e. The van der Waals surface area contributed by atoms with Crippen LogP contribution in [-0.4, -0.2) is 37.3 Å². The van der Waals surface area contributed by atoms with Crippen LogP contribution in [0, 0.1) is 13.8 Å². The van der Waals surface area contributed by atoms with E-state index in [2.05, 4.69) is 4.72 Å². The molecule has 3 aromatic rings. The molecule has 0 saturated carbocycles. The van der Waals surface area contributed by atoms with E-state index in [1.165, 1.54) is 0 Å². The molecule has 30 heavy (non-hydrogen) atoms. The van der Waals surface area contributed by atoms with E-state index in [9.17, 15) is 13.2 Å². The number of fused-ring (bicyclic) bond motifs is 1. The van der Waals surface area contributed by atoms with E-state index in [4.69, 9.17) is 4.98 Å². The second-order valence-corrected chi connectivity index (χ2v) is 10.5. The van der Waals surface area contributed by atoms with Gasteiger partial charge in [0.15, 0.2) is 0 Å². The predicted molar refractivity (Wildman–Crippen MR) is 119 cm³/mol. The van der Waals surface area contributed by atoms with Crippen LogP contribution in [0.1, 0.15) is 41.4 Å². The van der Waals surface area contributed by atoms with Crippen molar-refractivity contribution in [1.82, 2.24) is 14.6 Å². The van der Waals surface area contributed by atoms with E-state index in [0.29, 0.717) is 6.54 Å². The number of nitrogens with zero attached hydrogens (tertiary/aromatic N) is 2. The number of nitrogens with one attached hydrogen (secondary N) is 1. The van der Waals surface area contributed by atoms with Gasteiger partial charge in [-0.3, -0.25) is 4.79 Å². The van der Waals surface area contributed by atoms with Crippen LogP contribution in [0.3, 0.4) is 0 Å². The fourth-order valence-corrected chi connectivity index (χ4v) is 5.99. The minimum atomic E-state index is -3.63. The molecule has 8 heteroatoms. The zero-order chi connectivity index (χ0) is 21.3. The van der Waals surface area contributed by atoms with Gasteiger partial charge in [0, 0.05) is 19.5 Å². The Hall–Kier alpha value is -2.29. The molecule has 2 heterocycles. The summed E-state index contributed by atoms with van der Waals surface area (Å²) in [6.45, 7) is 4.59. The summed E-state index contributed by atoms with van der Waals surface area (Å²) in [6.07, 6.45) is 1.95. The number of thiazole rings is 1. The number of hydrogen-bond donors (Lipinski definition) is 1. The van der Waals surface area contributed by atoms with Gasteiger partial charge in [-0.2, -0.15) is 0 Å². The van der Waals surface area contributed by atoms with Gasteiger partial charge in [0.05, 0.1) is 21.2 Å². The zero-order valence-electron chi connectivity index (χ0n) is 17.1. The first-order chi connectivity index (χ1) is 14.3. The first kappa shape index (κ1) is 21.0. The quantitative estimate of drug-likeness (QED) is 0.626. The topological polar surface area (TPSA) is 79.4 Å². The molecule has 1 amide bonds. The average Bonchev–Trinajstić information content (AvgIpc) is 3.36. The molecule has 6 nitrogen and oxygen atoms in total. The lowest BCUT2D eigenvalue weighted by Crippen LogP contribution is -2.34. The number of amides is 1. The van der Waals surface area contributed by atoms with Crippen LogP contribution >= 0.6 is 11.3 Å². The molecule has 1 N–H and O–H groups in total. The second-order valence-electron chi connectivity index (χ2n) is 7.66. The molecule has 158 valence electrons. The van der Waals surface area contributed by atoms with Crippen molar-refractivity contribution in [3.05, 3.63) is 58.6 Å². The fourth-order valence-electron chi connectivity index (χ4n) is 3.75. The molecular formula is C22H25N3O3S2. The van der Waals surface area contributed by atoms with Crippen LogP contribution < -0.4 is 4.72 Å². The highest BCUT2D eigenvalue weighted by molar-refractivity contribution is 7.89. The maximum atomic E-state index is 12.8. The first-order valence-corrected chi connectivity index (χ1v) is 12.4. The van der Waals surface area contributed by atoms with Crippen LogP contribution in [0.5, 0.6) is 0 Å².